The normalized spacial score (nSPS) is 19.0. The number of benzene rings is 1. The van der Waals surface area contributed by atoms with Crippen LogP contribution in [0, 0.1) is 5.41 Å². The Kier molecular flexibility index (Phi) is 7.71. The van der Waals surface area contributed by atoms with Crippen LogP contribution in [0.15, 0.2) is 55.0 Å². The molecule has 2 heterocycles. The van der Waals surface area contributed by atoms with Gasteiger partial charge in [-0.3, -0.25) is 19.6 Å². The highest BCUT2D eigenvalue weighted by Gasteiger charge is 2.43. The summed E-state index contributed by atoms with van der Waals surface area (Å²) in [7, 11) is 0. The monoisotopic (exact) mass is 407 g/mol. The number of rotatable bonds is 8. The molecule has 1 unspecified atom stereocenters. The van der Waals surface area contributed by atoms with E-state index in [1.807, 2.05) is 54.3 Å². The van der Waals surface area contributed by atoms with E-state index in [1.165, 1.54) is 0 Å². The van der Waals surface area contributed by atoms with Crippen molar-refractivity contribution in [3.63, 3.8) is 0 Å². The van der Waals surface area contributed by atoms with E-state index < -0.39 is 5.41 Å². The lowest BCUT2D eigenvalue weighted by Gasteiger charge is -2.40. The molecule has 158 valence electrons. The molecule has 0 N–H and O–H groups in total. The van der Waals surface area contributed by atoms with Crippen LogP contribution in [0.25, 0.3) is 6.08 Å². The molecule has 6 nitrogen and oxygen atoms in total. The molecule has 1 aliphatic heterocycles. The van der Waals surface area contributed by atoms with Crippen molar-refractivity contribution in [2.24, 2.45) is 5.41 Å². The molecule has 1 saturated heterocycles. The van der Waals surface area contributed by atoms with Crippen molar-refractivity contribution in [3.05, 3.63) is 66.3 Å². The number of amides is 1. The van der Waals surface area contributed by atoms with Crippen molar-refractivity contribution >= 4 is 18.0 Å². The molecule has 1 aromatic carbocycles. The zero-order valence-electron chi connectivity index (χ0n) is 17.5. The first kappa shape index (κ1) is 21.7. The third-order valence-corrected chi connectivity index (χ3v) is 5.47. The van der Waals surface area contributed by atoms with Crippen LogP contribution < -0.4 is 0 Å². The van der Waals surface area contributed by atoms with Gasteiger partial charge >= 0.3 is 5.97 Å². The average Bonchev–Trinajstić information content (AvgIpc) is 2.79. The van der Waals surface area contributed by atoms with E-state index in [4.69, 9.17) is 4.74 Å². The third kappa shape index (κ3) is 5.75. The van der Waals surface area contributed by atoms with E-state index in [0.717, 1.165) is 24.1 Å². The molecule has 0 radical (unpaired) electrons. The van der Waals surface area contributed by atoms with Gasteiger partial charge < -0.3 is 9.64 Å². The van der Waals surface area contributed by atoms with Crippen molar-refractivity contribution in [2.75, 3.05) is 19.7 Å². The maximum absolute atomic E-state index is 12.9. The van der Waals surface area contributed by atoms with Gasteiger partial charge in [-0.15, -0.1) is 0 Å². The number of hydrogen-bond acceptors (Lipinski definition) is 5. The van der Waals surface area contributed by atoms with E-state index in [9.17, 15) is 9.59 Å². The maximum Gasteiger partial charge on any atom is 0.314 e. The van der Waals surface area contributed by atoms with Gasteiger partial charge in [0.1, 0.15) is 0 Å². The molecular weight excluding hydrogens is 378 g/mol. The second-order valence-corrected chi connectivity index (χ2v) is 7.63. The zero-order valence-corrected chi connectivity index (χ0v) is 17.5. The number of carbonyl (C=O) groups excluding carboxylic acids is 2. The van der Waals surface area contributed by atoms with Gasteiger partial charge in [0.15, 0.2) is 0 Å². The van der Waals surface area contributed by atoms with Crippen molar-refractivity contribution < 1.29 is 14.3 Å². The number of hydrogen-bond donors (Lipinski definition) is 0. The fraction of sp³-hybridized carbons (Fsp3) is 0.417. The van der Waals surface area contributed by atoms with E-state index >= 15 is 0 Å². The first-order valence-electron chi connectivity index (χ1n) is 10.5. The van der Waals surface area contributed by atoms with Gasteiger partial charge in [-0.2, -0.15) is 0 Å². The standard InChI is InChI=1S/C24H29N3O3/c1-2-30-23(29)24(13-6-10-20-8-4-3-5-9-20)14-7-17-27(19-24)22(28)12-11-21-18-25-15-16-26-21/h3-6,8-10,15-16,18H,2,7,11-14,17,19H2,1H3. The van der Waals surface area contributed by atoms with Crippen LogP contribution in [0.1, 0.15) is 43.9 Å². The number of carbonyl (C=O) groups is 2. The number of nitrogens with zero attached hydrogens (tertiary/aromatic N) is 3. The SMILES string of the molecule is CCOC(=O)C1(CC=Cc2ccccc2)CCCN(C(=O)CCc2cnccn2)C1. The summed E-state index contributed by atoms with van der Waals surface area (Å²) in [6.07, 6.45) is 11.9. The minimum Gasteiger partial charge on any atom is -0.466 e. The highest BCUT2D eigenvalue weighted by molar-refractivity contribution is 5.81. The summed E-state index contributed by atoms with van der Waals surface area (Å²) in [6, 6.07) is 9.99. The van der Waals surface area contributed by atoms with E-state index in [1.54, 1.807) is 18.6 Å². The van der Waals surface area contributed by atoms with E-state index in [-0.39, 0.29) is 11.9 Å². The van der Waals surface area contributed by atoms with Crippen LogP contribution >= 0.6 is 0 Å². The third-order valence-electron chi connectivity index (χ3n) is 5.47. The molecule has 0 bridgehead atoms. The number of esters is 1. The molecule has 1 aliphatic rings. The van der Waals surface area contributed by atoms with Gasteiger partial charge in [0.2, 0.25) is 5.91 Å². The molecule has 0 saturated carbocycles. The quantitative estimate of drug-likeness (QED) is 0.624. The highest BCUT2D eigenvalue weighted by Crippen LogP contribution is 2.36. The van der Waals surface area contributed by atoms with Gasteiger partial charge in [-0.1, -0.05) is 42.5 Å². The Bertz CT molecular complexity index is 855. The van der Waals surface area contributed by atoms with Crippen LogP contribution in [0.3, 0.4) is 0 Å². The Morgan fingerprint density at radius 1 is 1.23 bits per heavy atom. The van der Waals surface area contributed by atoms with Crippen molar-refractivity contribution in [1.82, 2.24) is 14.9 Å². The number of aromatic nitrogens is 2. The smallest absolute Gasteiger partial charge is 0.314 e. The number of allylic oxidation sites excluding steroid dienone is 1. The Morgan fingerprint density at radius 3 is 2.80 bits per heavy atom. The van der Waals surface area contributed by atoms with Gasteiger partial charge in [0.05, 0.1) is 17.7 Å². The molecule has 6 heteroatoms. The molecule has 3 rings (SSSR count). The molecule has 2 aromatic rings. The molecule has 1 fully saturated rings. The summed E-state index contributed by atoms with van der Waals surface area (Å²) >= 11 is 0. The number of likely N-dealkylation sites (tertiary alicyclic amines) is 1. The Labute approximate surface area is 178 Å². The van der Waals surface area contributed by atoms with Crippen molar-refractivity contribution in [1.29, 1.82) is 0 Å². The van der Waals surface area contributed by atoms with E-state index in [0.29, 0.717) is 39.0 Å². The lowest BCUT2D eigenvalue weighted by Crippen LogP contribution is -2.50. The molecule has 0 spiro atoms. The summed E-state index contributed by atoms with van der Waals surface area (Å²) in [5.41, 5.74) is 1.19. The molecule has 0 aliphatic carbocycles. The summed E-state index contributed by atoms with van der Waals surface area (Å²) in [5, 5.41) is 0. The lowest BCUT2D eigenvalue weighted by atomic mass is 9.76. The largest absolute Gasteiger partial charge is 0.466 e. The van der Waals surface area contributed by atoms with Gasteiger partial charge in [0, 0.05) is 38.1 Å². The van der Waals surface area contributed by atoms with Crippen LogP contribution in [-0.2, 0) is 20.7 Å². The predicted octanol–water partition coefficient (Wildman–Crippen LogP) is 3.68. The second-order valence-electron chi connectivity index (χ2n) is 7.63. The molecule has 1 atom stereocenters. The topological polar surface area (TPSA) is 72.4 Å². The predicted molar refractivity (Wildman–Crippen MR) is 115 cm³/mol. The molecule has 30 heavy (non-hydrogen) atoms. The first-order valence-corrected chi connectivity index (χ1v) is 10.5. The molecule has 1 aromatic heterocycles. The van der Waals surface area contributed by atoms with Crippen molar-refractivity contribution in [2.45, 2.75) is 39.0 Å². The fourth-order valence-corrected chi connectivity index (χ4v) is 3.88. The number of piperidine rings is 1. The average molecular weight is 408 g/mol. The zero-order chi connectivity index (χ0) is 21.2. The Morgan fingerprint density at radius 2 is 2.07 bits per heavy atom. The van der Waals surface area contributed by atoms with Gasteiger partial charge in [0.25, 0.3) is 0 Å². The van der Waals surface area contributed by atoms with Crippen LogP contribution in [0.5, 0.6) is 0 Å². The van der Waals surface area contributed by atoms with Crippen LogP contribution in [-0.4, -0.2) is 46.4 Å². The van der Waals surface area contributed by atoms with E-state index in [2.05, 4.69) is 9.97 Å². The van der Waals surface area contributed by atoms with Crippen LogP contribution in [0.2, 0.25) is 0 Å². The fourth-order valence-electron chi connectivity index (χ4n) is 3.88. The summed E-state index contributed by atoms with van der Waals surface area (Å²) in [6.45, 7) is 3.22. The summed E-state index contributed by atoms with van der Waals surface area (Å²) in [5.74, 6) is -0.171. The maximum atomic E-state index is 12.9. The van der Waals surface area contributed by atoms with Crippen LogP contribution in [0.4, 0.5) is 0 Å². The minimum atomic E-state index is -0.693. The minimum absolute atomic E-state index is 0.0427. The Balaban J connectivity index is 1.68. The molecule has 1 amide bonds. The highest BCUT2D eigenvalue weighted by atomic mass is 16.5. The molecular formula is C24H29N3O3. The lowest BCUT2D eigenvalue weighted by molar-refractivity contribution is -0.160. The van der Waals surface area contributed by atoms with Gasteiger partial charge in [-0.05, 0) is 38.2 Å². The first-order chi connectivity index (χ1) is 14.6. The number of ether oxygens (including phenoxy) is 1. The summed E-state index contributed by atoms with van der Waals surface area (Å²) in [4.78, 5) is 35.8. The number of aryl methyl sites for hydroxylation is 1. The second kappa shape index (κ2) is 10.7. The Hall–Kier alpha value is -3.02. The van der Waals surface area contributed by atoms with Crippen molar-refractivity contribution in [3.8, 4) is 0 Å². The van der Waals surface area contributed by atoms with Gasteiger partial charge in [-0.25, -0.2) is 0 Å². The summed E-state index contributed by atoms with van der Waals surface area (Å²) < 4.78 is 5.42.